The first-order valence-electron chi connectivity index (χ1n) is 11.3. The summed E-state index contributed by atoms with van der Waals surface area (Å²) in [5, 5.41) is 3.10. The molecule has 1 atom stereocenters. The van der Waals surface area contributed by atoms with E-state index in [2.05, 4.69) is 20.9 Å². The average molecular weight is 495 g/mol. The number of nitrogens with zero attached hydrogens (tertiary/aromatic N) is 1. The van der Waals surface area contributed by atoms with Gasteiger partial charge >= 0.3 is 6.09 Å². The second-order valence-electron chi connectivity index (χ2n) is 8.40. The summed E-state index contributed by atoms with van der Waals surface area (Å²) >= 11 is 0. The van der Waals surface area contributed by atoms with Crippen LogP contribution in [0.4, 0.5) is 4.79 Å². The maximum absolute atomic E-state index is 13.2. The van der Waals surface area contributed by atoms with Gasteiger partial charge in [-0.2, -0.15) is 0 Å². The van der Waals surface area contributed by atoms with Crippen LogP contribution >= 0.6 is 0 Å². The second kappa shape index (κ2) is 11.9. The minimum absolute atomic E-state index is 0.113. The molecule has 3 rings (SSSR count). The minimum Gasteiger partial charge on any atom is -0.493 e. The molecule has 3 N–H and O–H groups in total. The molecule has 1 aromatic heterocycles. The number of fused-ring (bicyclic) bond motifs is 1. The van der Waals surface area contributed by atoms with E-state index in [0.717, 1.165) is 5.56 Å². The number of aromatic nitrogens is 1. The summed E-state index contributed by atoms with van der Waals surface area (Å²) < 4.78 is 15.3. The van der Waals surface area contributed by atoms with Crippen LogP contribution in [0.15, 0.2) is 48.5 Å². The number of carbonyl (C=O) groups excluding carboxylic acids is 3. The van der Waals surface area contributed by atoms with Crippen LogP contribution in [0, 0.1) is 5.92 Å². The predicted octanol–water partition coefficient (Wildman–Crippen LogP) is 3.45. The van der Waals surface area contributed by atoms with Crippen molar-refractivity contribution in [2.24, 2.45) is 5.92 Å². The third-order valence-corrected chi connectivity index (χ3v) is 5.44. The van der Waals surface area contributed by atoms with Crippen molar-refractivity contribution in [3.05, 3.63) is 54.1 Å². The van der Waals surface area contributed by atoms with Crippen molar-refractivity contribution in [1.29, 1.82) is 0 Å². The summed E-state index contributed by atoms with van der Waals surface area (Å²) in [6, 6.07) is 13.3. The number of benzene rings is 2. The van der Waals surface area contributed by atoms with E-state index >= 15 is 0 Å². The molecule has 3 amide bonds. The molecule has 0 fully saturated rings. The number of carbonyl (C=O) groups is 3. The van der Waals surface area contributed by atoms with E-state index in [4.69, 9.17) is 14.5 Å². The fourth-order valence-corrected chi connectivity index (χ4v) is 3.68. The zero-order valence-corrected chi connectivity index (χ0v) is 20.9. The van der Waals surface area contributed by atoms with Gasteiger partial charge in [-0.05, 0) is 42.7 Å². The fourth-order valence-electron chi connectivity index (χ4n) is 3.68. The number of methoxy groups -OCH3 is 3. The van der Waals surface area contributed by atoms with Crippen molar-refractivity contribution in [3.63, 3.8) is 0 Å². The monoisotopic (exact) mass is 494 g/mol. The van der Waals surface area contributed by atoms with Crippen molar-refractivity contribution < 1.29 is 28.6 Å². The van der Waals surface area contributed by atoms with Gasteiger partial charge in [0.2, 0.25) is 0 Å². The lowest BCUT2D eigenvalue weighted by Crippen LogP contribution is -2.52. The number of pyridine rings is 1. The van der Waals surface area contributed by atoms with Crippen LogP contribution < -0.4 is 25.6 Å². The number of alkyl carbamates (subject to hydrolysis) is 1. The molecule has 36 heavy (non-hydrogen) atoms. The summed E-state index contributed by atoms with van der Waals surface area (Å²) in [5.41, 5.74) is 7.03. The number of ether oxygens (including phenoxy) is 3. The summed E-state index contributed by atoms with van der Waals surface area (Å²) in [5.74, 6) is 0.101. The lowest BCUT2D eigenvalue weighted by molar-refractivity contribution is -0.124. The lowest BCUT2D eigenvalue weighted by Gasteiger charge is -2.20. The van der Waals surface area contributed by atoms with E-state index in [1.807, 2.05) is 26.0 Å². The highest BCUT2D eigenvalue weighted by Gasteiger charge is 2.23. The summed E-state index contributed by atoms with van der Waals surface area (Å²) in [6.07, 6.45) is -0.375. The van der Waals surface area contributed by atoms with Crippen LogP contribution in [0.2, 0.25) is 0 Å². The van der Waals surface area contributed by atoms with Crippen LogP contribution in [-0.4, -0.2) is 50.3 Å². The zero-order chi connectivity index (χ0) is 26.2. The molecule has 0 saturated heterocycles. The van der Waals surface area contributed by atoms with Gasteiger partial charge in [0.15, 0.2) is 11.5 Å². The van der Waals surface area contributed by atoms with Crippen LogP contribution in [-0.2, 0) is 9.53 Å². The predicted molar refractivity (Wildman–Crippen MR) is 135 cm³/mol. The van der Waals surface area contributed by atoms with Crippen molar-refractivity contribution in [3.8, 4) is 22.8 Å². The first kappa shape index (κ1) is 26.3. The topological polar surface area (TPSA) is 128 Å². The van der Waals surface area contributed by atoms with Gasteiger partial charge < -0.3 is 19.5 Å². The maximum atomic E-state index is 13.2. The molecule has 10 nitrogen and oxygen atoms in total. The van der Waals surface area contributed by atoms with E-state index in [1.165, 1.54) is 7.11 Å². The Kier molecular flexibility index (Phi) is 8.66. The van der Waals surface area contributed by atoms with Crippen LogP contribution in [0.25, 0.3) is 22.2 Å². The molecule has 0 aliphatic rings. The Labute approximate surface area is 209 Å². The smallest absolute Gasteiger partial charge is 0.407 e. The molecule has 1 heterocycles. The van der Waals surface area contributed by atoms with Crippen LogP contribution in [0.3, 0.4) is 0 Å². The molecule has 1 unspecified atom stereocenters. The van der Waals surface area contributed by atoms with Gasteiger partial charge in [0, 0.05) is 10.9 Å². The first-order valence-corrected chi connectivity index (χ1v) is 11.3. The summed E-state index contributed by atoms with van der Waals surface area (Å²) in [6.45, 7) is 3.83. The Morgan fingerprint density at radius 3 is 2.31 bits per heavy atom. The van der Waals surface area contributed by atoms with E-state index < -0.39 is 23.9 Å². The van der Waals surface area contributed by atoms with Crippen LogP contribution in [0.1, 0.15) is 30.6 Å². The fraction of sp³-hybridized carbons (Fsp3) is 0.308. The van der Waals surface area contributed by atoms with E-state index in [0.29, 0.717) is 40.1 Å². The molecule has 190 valence electrons. The summed E-state index contributed by atoms with van der Waals surface area (Å²) in [7, 11) is 4.31. The van der Waals surface area contributed by atoms with Crippen LogP contribution in [0.5, 0.6) is 11.5 Å². The molecular weight excluding hydrogens is 464 g/mol. The maximum Gasteiger partial charge on any atom is 0.407 e. The third kappa shape index (κ3) is 6.21. The molecule has 0 saturated carbocycles. The largest absolute Gasteiger partial charge is 0.493 e. The van der Waals surface area contributed by atoms with Crippen molar-refractivity contribution in [2.75, 3.05) is 21.3 Å². The normalized spacial score (nSPS) is 11.5. The highest BCUT2D eigenvalue weighted by atomic mass is 16.5. The highest BCUT2D eigenvalue weighted by Crippen LogP contribution is 2.33. The third-order valence-electron chi connectivity index (χ3n) is 5.44. The van der Waals surface area contributed by atoms with Crippen molar-refractivity contribution in [2.45, 2.75) is 26.3 Å². The Bertz CT molecular complexity index is 1260. The molecule has 0 radical (unpaired) electrons. The number of hydrazine groups is 1. The van der Waals surface area contributed by atoms with Gasteiger partial charge in [0.25, 0.3) is 11.8 Å². The molecule has 0 aliphatic carbocycles. The highest BCUT2D eigenvalue weighted by molar-refractivity contribution is 6.07. The number of nitrogens with one attached hydrogen (secondary N) is 3. The number of rotatable bonds is 8. The quantitative estimate of drug-likeness (QED) is 0.409. The van der Waals surface area contributed by atoms with Gasteiger partial charge in [-0.1, -0.05) is 32.0 Å². The Morgan fingerprint density at radius 1 is 0.917 bits per heavy atom. The van der Waals surface area contributed by atoms with E-state index in [-0.39, 0.29) is 5.92 Å². The van der Waals surface area contributed by atoms with Gasteiger partial charge in [0.1, 0.15) is 6.04 Å². The van der Waals surface area contributed by atoms with Crippen molar-refractivity contribution >= 4 is 28.8 Å². The second-order valence-corrected chi connectivity index (χ2v) is 8.40. The number of para-hydroxylation sites is 1. The van der Waals surface area contributed by atoms with E-state index in [9.17, 15) is 14.4 Å². The number of hydrogen-bond donors (Lipinski definition) is 3. The average Bonchev–Trinajstić information content (AvgIpc) is 2.89. The lowest BCUT2D eigenvalue weighted by atomic mass is 10.0. The molecular formula is C26H30N4O6. The molecule has 3 aromatic rings. The number of hydrogen-bond acceptors (Lipinski definition) is 7. The molecule has 0 aliphatic heterocycles. The molecule has 2 aromatic carbocycles. The van der Waals surface area contributed by atoms with Gasteiger partial charge in [-0.15, -0.1) is 0 Å². The SMILES string of the molecule is COC(=O)NC(CC(C)C)C(=O)NNC(=O)c1cc(-c2ccc(OC)c(OC)c2)nc2ccccc12. The molecule has 10 heteroatoms. The van der Waals surface area contributed by atoms with E-state index in [1.54, 1.807) is 50.6 Å². The summed E-state index contributed by atoms with van der Waals surface area (Å²) in [4.78, 5) is 42.2. The Morgan fingerprint density at radius 2 is 1.64 bits per heavy atom. The minimum atomic E-state index is -0.880. The van der Waals surface area contributed by atoms with Gasteiger partial charge in [-0.3, -0.25) is 20.4 Å². The Hall–Kier alpha value is -4.34. The van der Waals surface area contributed by atoms with Gasteiger partial charge in [-0.25, -0.2) is 9.78 Å². The first-order chi connectivity index (χ1) is 17.3. The molecule has 0 bridgehead atoms. The number of amides is 3. The zero-order valence-electron chi connectivity index (χ0n) is 20.9. The van der Waals surface area contributed by atoms with Gasteiger partial charge in [0.05, 0.1) is 38.1 Å². The van der Waals surface area contributed by atoms with Crippen molar-refractivity contribution in [1.82, 2.24) is 21.2 Å². The molecule has 0 spiro atoms. The standard InChI is InChI=1S/C26H30N4O6/c1-15(2)12-21(28-26(33)36-5)25(32)30-29-24(31)18-14-20(27-19-9-7-6-8-17(18)19)16-10-11-22(34-3)23(13-16)35-4/h6-11,13-15,21H,12H2,1-5H3,(H,28,33)(H,29,31)(H,30,32). The Balaban J connectivity index is 1.89.